The standard InChI is InChI=1S/C29H20ClN3O4/c30-23-14-15-26(37-18-19-10-12-21(13-11-19)29(35)36)22(16-23)17-31-33-27(20-6-2-1-3-7-20)32-25-9-5-4-8-24(25)28(33)34/h1-17H,18H2,(H,35,36). The second kappa shape index (κ2) is 10.5. The Kier molecular flexibility index (Phi) is 6.78. The average molecular weight is 510 g/mol. The number of benzene rings is 4. The van der Waals surface area contributed by atoms with Crippen molar-refractivity contribution in [1.29, 1.82) is 0 Å². The Hall–Kier alpha value is -4.75. The first-order chi connectivity index (χ1) is 18.0. The number of hydrogen-bond donors (Lipinski definition) is 1. The molecule has 5 aromatic rings. The molecule has 0 atom stereocenters. The number of ether oxygens (including phenoxy) is 1. The zero-order valence-electron chi connectivity index (χ0n) is 19.4. The largest absolute Gasteiger partial charge is 0.488 e. The van der Waals surface area contributed by atoms with E-state index in [4.69, 9.17) is 26.4 Å². The molecule has 0 amide bonds. The molecule has 0 spiro atoms. The summed E-state index contributed by atoms with van der Waals surface area (Å²) in [7, 11) is 0. The summed E-state index contributed by atoms with van der Waals surface area (Å²) in [5.41, 5.74) is 2.58. The number of rotatable bonds is 7. The minimum atomic E-state index is -0.989. The monoisotopic (exact) mass is 509 g/mol. The lowest BCUT2D eigenvalue weighted by molar-refractivity contribution is 0.0697. The lowest BCUT2D eigenvalue weighted by Crippen LogP contribution is -2.20. The number of aromatic carboxylic acids is 1. The molecular formula is C29H20ClN3O4. The summed E-state index contributed by atoms with van der Waals surface area (Å²) in [5.74, 6) is -0.0842. The predicted octanol–water partition coefficient (Wildman–Crippen LogP) is 5.88. The third-order valence-corrected chi connectivity index (χ3v) is 5.90. The van der Waals surface area contributed by atoms with Crippen LogP contribution in [0.5, 0.6) is 5.75 Å². The number of aromatic nitrogens is 2. The number of hydrogen-bond acceptors (Lipinski definition) is 5. The van der Waals surface area contributed by atoms with Crippen LogP contribution < -0.4 is 10.3 Å². The molecule has 5 rings (SSSR count). The molecule has 0 fully saturated rings. The van der Waals surface area contributed by atoms with Crippen LogP contribution in [-0.2, 0) is 6.61 Å². The van der Waals surface area contributed by atoms with Crippen molar-refractivity contribution in [2.24, 2.45) is 5.10 Å². The van der Waals surface area contributed by atoms with Crippen LogP contribution in [0.1, 0.15) is 21.5 Å². The third-order valence-electron chi connectivity index (χ3n) is 5.67. The van der Waals surface area contributed by atoms with Gasteiger partial charge in [0.15, 0.2) is 5.82 Å². The highest BCUT2D eigenvalue weighted by atomic mass is 35.5. The van der Waals surface area contributed by atoms with Gasteiger partial charge in [0.1, 0.15) is 12.4 Å². The highest BCUT2D eigenvalue weighted by Gasteiger charge is 2.13. The summed E-state index contributed by atoms with van der Waals surface area (Å²) in [6, 6.07) is 28.0. The number of para-hydroxylation sites is 1. The first-order valence-corrected chi connectivity index (χ1v) is 11.7. The third kappa shape index (κ3) is 5.27. The summed E-state index contributed by atoms with van der Waals surface area (Å²) in [4.78, 5) is 29.2. The molecule has 1 N–H and O–H groups in total. The average Bonchev–Trinajstić information content (AvgIpc) is 2.92. The van der Waals surface area contributed by atoms with E-state index in [1.54, 1.807) is 48.5 Å². The van der Waals surface area contributed by atoms with Crippen LogP contribution in [0.2, 0.25) is 5.02 Å². The van der Waals surface area contributed by atoms with Gasteiger partial charge in [-0.15, -0.1) is 0 Å². The summed E-state index contributed by atoms with van der Waals surface area (Å²) < 4.78 is 7.25. The summed E-state index contributed by atoms with van der Waals surface area (Å²) in [5, 5.41) is 14.5. The van der Waals surface area contributed by atoms with Gasteiger partial charge in [0.2, 0.25) is 0 Å². The lowest BCUT2D eigenvalue weighted by Gasteiger charge is -2.11. The maximum absolute atomic E-state index is 13.4. The first kappa shape index (κ1) is 24.0. The highest BCUT2D eigenvalue weighted by molar-refractivity contribution is 6.30. The van der Waals surface area contributed by atoms with Gasteiger partial charge in [0, 0.05) is 16.1 Å². The maximum atomic E-state index is 13.4. The van der Waals surface area contributed by atoms with Gasteiger partial charge in [-0.3, -0.25) is 4.79 Å². The van der Waals surface area contributed by atoms with Crippen molar-refractivity contribution in [3.8, 4) is 17.1 Å². The molecule has 37 heavy (non-hydrogen) atoms. The zero-order valence-corrected chi connectivity index (χ0v) is 20.2. The van der Waals surface area contributed by atoms with Crippen molar-refractivity contribution >= 4 is 34.7 Å². The van der Waals surface area contributed by atoms with Gasteiger partial charge in [-0.05, 0) is 48.0 Å². The summed E-state index contributed by atoms with van der Waals surface area (Å²) in [6.45, 7) is 0.203. The minimum Gasteiger partial charge on any atom is -0.488 e. The van der Waals surface area contributed by atoms with E-state index in [2.05, 4.69) is 5.10 Å². The molecule has 0 unspecified atom stereocenters. The Morgan fingerprint density at radius 2 is 1.70 bits per heavy atom. The molecule has 1 heterocycles. The van der Waals surface area contributed by atoms with Crippen LogP contribution in [0.4, 0.5) is 0 Å². The van der Waals surface area contributed by atoms with Crippen LogP contribution in [0.3, 0.4) is 0 Å². The Labute approximate surface area is 216 Å². The van der Waals surface area contributed by atoms with E-state index in [1.165, 1.54) is 23.0 Å². The smallest absolute Gasteiger partial charge is 0.335 e. The van der Waals surface area contributed by atoms with Gasteiger partial charge < -0.3 is 9.84 Å². The molecule has 1 aromatic heterocycles. The number of carboxylic acid groups (broad SMARTS) is 1. The van der Waals surface area contributed by atoms with E-state index in [0.29, 0.717) is 33.1 Å². The van der Waals surface area contributed by atoms with E-state index >= 15 is 0 Å². The van der Waals surface area contributed by atoms with Crippen molar-refractivity contribution < 1.29 is 14.6 Å². The van der Waals surface area contributed by atoms with Crippen LogP contribution in [0.15, 0.2) is 107 Å². The molecule has 182 valence electrons. The second-order valence-corrected chi connectivity index (χ2v) is 8.59. The van der Waals surface area contributed by atoms with Crippen molar-refractivity contribution in [2.75, 3.05) is 0 Å². The Bertz CT molecular complexity index is 1680. The fourth-order valence-corrected chi connectivity index (χ4v) is 3.96. The van der Waals surface area contributed by atoms with E-state index in [0.717, 1.165) is 11.1 Å². The van der Waals surface area contributed by atoms with E-state index in [9.17, 15) is 9.59 Å². The van der Waals surface area contributed by atoms with Crippen molar-refractivity contribution in [1.82, 2.24) is 9.66 Å². The second-order valence-electron chi connectivity index (χ2n) is 8.15. The number of nitrogens with zero attached hydrogens (tertiary/aromatic N) is 3. The Balaban J connectivity index is 1.51. The minimum absolute atomic E-state index is 0.201. The van der Waals surface area contributed by atoms with Gasteiger partial charge in [0.05, 0.1) is 22.7 Å². The van der Waals surface area contributed by atoms with Gasteiger partial charge in [0.25, 0.3) is 5.56 Å². The number of halogens is 1. The molecular weight excluding hydrogens is 490 g/mol. The molecule has 4 aromatic carbocycles. The van der Waals surface area contributed by atoms with Crippen molar-refractivity contribution in [3.05, 3.63) is 129 Å². The molecule has 0 aliphatic rings. The fraction of sp³-hybridized carbons (Fsp3) is 0.0345. The SMILES string of the molecule is O=C(O)c1ccc(COc2ccc(Cl)cc2C=Nn2c(-c3ccccc3)nc3ccccc3c2=O)cc1. The fourth-order valence-electron chi connectivity index (χ4n) is 3.78. The van der Waals surface area contributed by atoms with Crippen LogP contribution >= 0.6 is 11.6 Å². The quantitative estimate of drug-likeness (QED) is 0.277. The molecule has 0 aliphatic carbocycles. The van der Waals surface area contributed by atoms with Gasteiger partial charge in [-0.2, -0.15) is 9.78 Å². The molecule has 0 aliphatic heterocycles. The van der Waals surface area contributed by atoms with Gasteiger partial charge >= 0.3 is 5.97 Å². The van der Waals surface area contributed by atoms with Crippen LogP contribution in [0.25, 0.3) is 22.3 Å². The van der Waals surface area contributed by atoms with Crippen molar-refractivity contribution in [3.63, 3.8) is 0 Å². The van der Waals surface area contributed by atoms with E-state index in [-0.39, 0.29) is 17.7 Å². The van der Waals surface area contributed by atoms with E-state index in [1.807, 2.05) is 36.4 Å². The molecule has 8 heteroatoms. The predicted molar refractivity (Wildman–Crippen MR) is 144 cm³/mol. The number of fused-ring (bicyclic) bond motifs is 1. The first-order valence-electron chi connectivity index (χ1n) is 11.4. The van der Waals surface area contributed by atoms with Gasteiger partial charge in [-0.25, -0.2) is 9.78 Å². The summed E-state index contributed by atoms with van der Waals surface area (Å²) >= 11 is 6.25. The van der Waals surface area contributed by atoms with Crippen molar-refractivity contribution in [2.45, 2.75) is 6.61 Å². The zero-order chi connectivity index (χ0) is 25.8. The van der Waals surface area contributed by atoms with Crippen LogP contribution in [-0.4, -0.2) is 27.0 Å². The molecule has 7 nitrogen and oxygen atoms in total. The highest BCUT2D eigenvalue weighted by Crippen LogP contribution is 2.24. The maximum Gasteiger partial charge on any atom is 0.335 e. The normalized spacial score (nSPS) is 11.2. The number of carbonyl (C=O) groups is 1. The van der Waals surface area contributed by atoms with Gasteiger partial charge in [-0.1, -0.05) is 66.2 Å². The molecule has 0 saturated heterocycles. The summed E-state index contributed by atoms with van der Waals surface area (Å²) in [6.07, 6.45) is 1.51. The topological polar surface area (TPSA) is 93.8 Å². The van der Waals surface area contributed by atoms with E-state index < -0.39 is 5.97 Å². The lowest BCUT2D eigenvalue weighted by atomic mass is 10.1. The Morgan fingerprint density at radius 1 is 0.973 bits per heavy atom. The molecule has 0 saturated carbocycles. The Morgan fingerprint density at radius 3 is 2.46 bits per heavy atom. The number of carboxylic acids is 1. The van der Waals surface area contributed by atoms with Crippen LogP contribution in [0, 0.1) is 0 Å². The molecule has 0 radical (unpaired) electrons. The molecule has 0 bridgehead atoms.